The zero-order chi connectivity index (χ0) is 16.8. The van der Waals surface area contributed by atoms with Gasteiger partial charge >= 0.3 is 0 Å². The lowest BCUT2D eigenvalue weighted by Crippen LogP contribution is -2.47. The molecule has 6 nitrogen and oxygen atoms in total. The monoisotopic (exact) mass is 369 g/mol. The fraction of sp³-hybridized carbons (Fsp3) is 0.611. The Hall–Kier alpha value is -1.34. The van der Waals surface area contributed by atoms with E-state index in [9.17, 15) is 4.79 Å². The first-order chi connectivity index (χ1) is 11.8. The maximum Gasteiger partial charge on any atom is 0.237 e. The predicted molar refractivity (Wildman–Crippen MR) is 99.4 cm³/mol. The summed E-state index contributed by atoms with van der Waals surface area (Å²) < 4.78 is 10.7. The molecule has 0 aliphatic carbocycles. The molecule has 1 aromatic rings. The van der Waals surface area contributed by atoms with Crippen LogP contribution in [0.5, 0.6) is 5.75 Å². The minimum absolute atomic E-state index is 0. The Morgan fingerprint density at radius 1 is 1.36 bits per heavy atom. The second-order valence-corrected chi connectivity index (χ2v) is 6.33. The standard InChI is InChI=1S/C18H27N3O3.ClH/c1-23-15-6-4-14(5-7-15)17(21-9-11-24-12-10-21)13-20-18(22)16-3-2-8-19-16;/h4-7,16-17,19H,2-3,8-13H2,1H3,(H,20,22);1H. The predicted octanol–water partition coefficient (Wildman–Crippen LogP) is 1.36. The lowest BCUT2D eigenvalue weighted by molar-refractivity contribution is -0.123. The van der Waals surface area contributed by atoms with Gasteiger partial charge in [0.25, 0.3) is 0 Å². The number of ether oxygens (including phenoxy) is 2. The zero-order valence-electron chi connectivity index (χ0n) is 14.7. The molecule has 2 fully saturated rings. The van der Waals surface area contributed by atoms with Gasteiger partial charge in [-0.1, -0.05) is 12.1 Å². The van der Waals surface area contributed by atoms with Crippen molar-refractivity contribution in [3.63, 3.8) is 0 Å². The molecule has 2 aliphatic rings. The number of nitrogens with zero attached hydrogens (tertiary/aromatic N) is 1. The summed E-state index contributed by atoms with van der Waals surface area (Å²) in [5, 5.41) is 6.39. The third kappa shape index (κ3) is 5.31. The van der Waals surface area contributed by atoms with Gasteiger partial charge in [0.15, 0.2) is 0 Å². The highest BCUT2D eigenvalue weighted by Gasteiger charge is 2.26. The molecule has 0 bridgehead atoms. The molecular weight excluding hydrogens is 342 g/mol. The number of amides is 1. The first-order valence-electron chi connectivity index (χ1n) is 8.75. The number of rotatable bonds is 6. The Bertz CT molecular complexity index is 529. The van der Waals surface area contributed by atoms with E-state index in [-0.39, 0.29) is 30.4 Å². The van der Waals surface area contributed by atoms with Gasteiger partial charge in [-0.05, 0) is 37.1 Å². The van der Waals surface area contributed by atoms with Gasteiger partial charge < -0.3 is 20.1 Å². The topological polar surface area (TPSA) is 62.8 Å². The van der Waals surface area contributed by atoms with Crippen LogP contribution in [0.2, 0.25) is 0 Å². The quantitative estimate of drug-likeness (QED) is 0.792. The van der Waals surface area contributed by atoms with E-state index < -0.39 is 0 Å². The van der Waals surface area contributed by atoms with E-state index in [4.69, 9.17) is 9.47 Å². The van der Waals surface area contributed by atoms with Gasteiger partial charge in [0, 0.05) is 19.6 Å². The Labute approximate surface area is 155 Å². The second-order valence-electron chi connectivity index (χ2n) is 6.33. The fourth-order valence-electron chi connectivity index (χ4n) is 3.40. The highest BCUT2D eigenvalue weighted by molar-refractivity contribution is 5.85. The van der Waals surface area contributed by atoms with E-state index in [0.717, 1.165) is 51.4 Å². The SMILES string of the molecule is COc1ccc(C(CNC(=O)C2CCCN2)N2CCOCC2)cc1.Cl. The van der Waals surface area contributed by atoms with E-state index in [2.05, 4.69) is 27.7 Å². The zero-order valence-corrected chi connectivity index (χ0v) is 15.5. The number of carbonyl (C=O) groups is 1. The van der Waals surface area contributed by atoms with Crippen molar-refractivity contribution >= 4 is 18.3 Å². The van der Waals surface area contributed by atoms with Crippen LogP contribution in [0.3, 0.4) is 0 Å². The van der Waals surface area contributed by atoms with Crippen LogP contribution in [-0.4, -0.2) is 63.4 Å². The first-order valence-corrected chi connectivity index (χ1v) is 8.75. The summed E-state index contributed by atoms with van der Waals surface area (Å²) in [7, 11) is 1.67. The third-order valence-electron chi connectivity index (χ3n) is 4.83. The Balaban J connectivity index is 0.00000225. The van der Waals surface area contributed by atoms with Crippen molar-refractivity contribution in [1.82, 2.24) is 15.5 Å². The van der Waals surface area contributed by atoms with Crippen LogP contribution >= 0.6 is 12.4 Å². The molecule has 2 saturated heterocycles. The molecule has 1 amide bonds. The molecule has 0 spiro atoms. The van der Waals surface area contributed by atoms with Crippen molar-refractivity contribution in [2.75, 3.05) is 46.5 Å². The van der Waals surface area contributed by atoms with Gasteiger partial charge in [0.05, 0.1) is 32.4 Å². The van der Waals surface area contributed by atoms with Crippen LogP contribution in [0, 0.1) is 0 Å². The van der Waals surface area contributed by atoms with E-state index in [1.807, 2.05) is 12.1 Å². The molecule has 2 aliphatic heterocycles. The van der Waals surface area contributed by atoms with Crippen molar-refractivity contribution < 1.29 is 14.3 Å². The van der Waals surface area contributed by atoms with E-state index in [0.29, 0.717) is 6.54 Å². The van der Waals surface area contributed by atoms with Crippen molar-refractivity contribution in [3.05, 3.63) is 29.8 Å². The van der Waals surface area contributed by atoms with E-state index in [1.54, 1.807) is 7.11 Å². The molecule has 2 atom stereocenters. The smallest absolute Gasteiger partial charge is 0.237 e. The van der Waals surface area contributed by atoms with Gasteiger partial charge in [-0.25, -0.2) is 0 Å². The van der Waals surface area contributed by atoms with Crippen LogP contribution in [0.4, 0.5) is 0 Å². The average Bonchev–Trinajstić information content (AvgIpc) is 3.18. The van der Waals surface area contributed by atoms with Crippen molar-refractivity contribution in [2.24, 2.45) is 0 Å². The lowest BCUT2D eigenvalue weighted by atomic mass is 10.0. The number of methoxy groups -OCH3 is 1. The maximum absolute atomic E-state index is 12.3. The van der Waals surface area contributed by atoms with Crippen LogP contribution < -0.4 is 15.4 Å². The van der Waals surface area contributed by atoms with Crippen molar-refractivity contribution in [1.29, 1.82) is 0 Å². The summed E-state index contributed by atoms with van der Waals surface area (Å²) in [6.45, 7) is 4.80. The molecule has 0 saturated carbocycles. The molecule has 25 heavy (non-hydrogen) atoms. The van der Waals surface area contributed by atoms with Gasteiger partial charge in [0.2, 0.25) is 5.91 Å². The number of benzene rings is 1. The average molecular weight is 370 g/mol. The molecule has 140 valence electrons. The number of carbonyl (C=O) groups excluding carboxylic acids is 1. The molecule has 0 radical (unpaired) electrons. The van der Waals surface area contributed by atoms with E-state index in [1.165, 1.54) is 5.56 Å². The highest BCUT2D eigenvalue weighted by Crippen LogP contribution is 2.23. The molecule has 3 rings (SSSR count). The van der Waals surface area contributed by atoms with E-state index >= 15 is 0 Å². The molecular formula is C18H28ClN3O3. The fourth-order valence-corrected chi connectivity index (χ4v) is 3.40. The third-order valence-corrected chi connectivity index (χ3v) is 4.83. The number of halogens is 1. The highest BCUT2D eigenvalue weighted by atomic mass is 35.5. The van der Waals surface area contributed by atoms with Crippen molar-refractivity contribution in [3.8, 4) is 5.75 Å². The summed E-state index contributed by atoms with van der Waals surface area (Å²) in [6.07, 6.45) is 2.00. The number of hydrogen-bond donors (Lipinski definition) is 2. The molecule has 1 aromatic carbocycles. The summed E-state index contributed by atoms with van der Waals surface area (Å²) >= 11 is 0. The van der Waals surface area contributed by atoms with Crippen LogP contribution in [0.15, 0.2) is 24.3 Å². The molecule has 2 heterocycles. The van der Waals surface area contributed by atoms with Crippen LogP contribution in [-0.2, 0) is 9.53 Å². The number of nitrogens with one attached hydrogen (secondary N) is 2. The molecule has 0 aromatic heterocycles. The summed E-state index contributed by atoms with van der Waals surface area (Å²) in [6, 6.07) is 8.24. The van der Waals surface area contributed by atoms with Gasteiger partial charge in [-0.15, -0.1) is 12.4 Å². The Kier molecular flexibility index (Phi) is 7.96. The van der Waals surface area contributed by atoms with Crippen molar-refractivity contribution in [2.45, 2.75) is 24.9 Å². The maximum atomic E-state index is 12.3. The van der Waals surface area contributed by atoms with Gasteiger partial charge in [-0.2, -0.15) is 0 Å². The van der Waals surface area contributed by atoms with Gasteiger partial charge in [-0.3, -0.25) is 9.69 Å². The minimum Gasteiger partial charge on any atom is -0.497 e. The minimum atomic E-state index is -0.0359. The summed E-state index contributed by atoms with van der Waals surface area (Å²) in [5.74, 6) is 0.956. The normalized spacial score (nSPS) is 22.0. The van der Waals surface area contributed by atoms with Crippen LogP contribution in [0.1, 0.15) is 24.4 Å². The number of morpholine rings is 1. The van der Waals surface area contributed by atoms with Crippen LogP contribution in [0.25, 0.3) is 0 Å². The first kappa shape index (κ1) is 20.0. The second kappa shape index (κ2) is 9.97. The lowest BCUT2D eigenvalue weighted by Gasteiger charge is -2.35. The number of hydrogen-bond acceptors (Lipinski definition) is 5. The summed E-state index contributed by atoms with van der Waals surface area (Å²) in [4.78, 5) is 14.7. The Morgan fingerprint density at radius 2 is 2.08 bits per heavy atom. The van der Waals surface area contributed by atoms with Gasteiger partial charge in [0.1, 0.15) is 5.75 Å². The molecule has 7 heteroatoms. The molecule has 2 unspecified atom stereocenters. The molecule has 2 N–H and O–H groups in total. The summed E-state index contributed by atoms with van der Waals surface area (Å²) in [5.41, 5.74) is 1.19. The Morgan fingerprint density at radius 3 is 2.68 bits per heavy atom. The largest absolute Gasteiger partial charge is 0.497 e.